The Morgan fingerprint density at radius 1 is 0.854 bits per heavy atom. The van der Waals surface area contributed by atoms with Crippen LogP contribution < -0.4 is 14.2 Å². The minimum atomic E-state index is -0.449. The van der Waals surface area contributed by atoms with Crippen molar-refractivity contribution in [2.45, 2.75) is 56.9 Å². The Morgan fingerprint density at radius 3 is 2.31 bits per heavy atom. The number of phenolic OH excluding ortho intramolecular Hbond substituents is 1. The molecule has 8 nitrogen and oxygen atoms in total. The van der Waals surface area contributed by atoms with Crippen LogP contribution in [0.15, 0.2) is 96.3 Å². The maximum absolute atomic E-state index is 12.3. The quantitative estimate of drug-likeness (QED) is 0.0575. The van der Waals surface area contributed by atoms with E-state index in [9.17, 15) is 9.90 Å². The molecular formula is C39H42N2O6S. The standard InChI is InChI=1S/C39H42N2O6S/c1-4-14-29-34(19-13-20-35(29)47-36-18-10-9-17-30(36)38(43)44-3)45-21-11-12-22-46-37-24-33(42)31(23-28(37)5-2)32-25-40-39(41-32)48-26-27-15-7-6-8-16-27/h6-10,13,15-20,23-25,42H,4-5,11-12,14,21-22,26H2,1-3H3,(H,40,41). The first-order valence-electron chi connectivity index (χ1n) is 16.3. The van der Waals surface area contributed by atoms with Gasteiger partial charge in [0.15, 0.2) is 5.16 Å². The Bertz CT molecular complexity index is 1790. The van der Waals surface area contributed by atoms with E-state index < -0.39 is 5.97 Å². The van der Waals surface area contributed by atoms with Crippen molar-refractivity contribution in [3.05, 3.63) is 113 Å². The number of H-pyrrole nitrogens is 1. The van der Waals surface area contributed by atoms with Gasteiger partial charge in [0.2, 0.25) is 0 Å². The summed E-state index contributed by atoms with van der Waals surface area (Å²) in [6.07, 6.45) is 5.75. The predicted molar refractivity (Wildman–Crippen MR) is 190 cm³/mol. The number of phenols is 1. The number of hydrogen-bond acceptors (Lipinski definition) is 8. The van der Waals surface area contributed by atoms with Crippen LogP contribution in [0.25, 0.3) is 11.3 Å². The first-order chi connectivity index (χ1) is 23.5. The van der Waals surface area contributed by atoms with E-state index in [1.165, 1.54) is 12.7 Å². The zero-order chi connectivity index (χ0) is 33.7. The molecule has 0 saturated heterocycles. The number of methoxy groups -OCH3 is 1. The number of aromatic amines is 1. The lowest BCUT2D eigenvalue weighted by atomic mass is 10.0. The van der Waals surface area contributed by atoms with Gasteiger partial charge in [0.05, 0.1) is 32.2 Å². The van der Waals surface area contributed by atoms with E-state index in [0.29, 0.717) is 41.6 Å². The number of nitrogens with zero attached hydrogens (tertiary/aromatic N) is 1. The van der Waals surface area contributed by atoms with E-state index in [1.54, 1.807) is 42.2 Å². The molecule has 9 heteroatoms. The number of carbonyl (C=O) groups is 1. The second-order valence-corrected chi connectivity index (χ2v) is 12.1. The summed E-state index contributed by atoms with van der Waals surface area (Å²) in [6.45, 7) is 5.19. The molecule has 250 valence electrons. The number of aromatic hydroxyl groups is 1. The molecule has 2 N–H and O–H groups in total. The Balaban J connectivity index is 1.14. The summed E-state index contributed by atoms with van der Waals surface area (Å²) in [4.78, 5) is 20.1. The predicted octanol–water partition coefficient (Wildman–Crippen LogP) is 9.41. The second kappa shape index (κ2) is 17.3. The lowest BCUT2D eigenvalue weighted by Crippen LogP contribution is -2.06. The van der Waals surface area contributed by atoms with Crippen LogP contribution in [0.2, 0.25) is 0 Å². The normalized spacial score (nSPS) is 10.9. The number of carbonyl (C=O) groups excluding carboxylic acids is 1. The molecule has 48 heavy (non-hydrogen) atoms. The van der Waals surface area contributed by atoms with E-state index in [2.05, 4.69) is 35.9 Å². The molecule has 0 aliphatic carbocycles. The third-order valence-corrected chi connectivity index (χ3v) is 8.74. The lowest BCUT2D eigenvalue weighted by molar-refractivity contribution is 0.0598. The largest absolute Gasteiger partial charge is 0.507 e. The van der Waals surface area contributed by atoms with Gasteiger partial charge in [-0.1, -0.05) is 80.6 Å². The van der Waals surface area contributed by atoms with Crippen molar-refractivity contribution in [1.29, 1.82) is 0 Å². The summed E-state index contributed by atoms with van der Waals surface area (Å²) in [5.41, 5.74) is 5.04. The van der Waals surface area contributed by atoms with Gasteiger partial charge in [0, 0.05) is 22.9 Å². The highest BCUT2D eigenvalue weighted by molar-refractivity contribution is 7.98. The number of ether oxygens (including phenoxy) is 4. The molecule has 0 aliphatic heterocycles. The summed E-state index contributed by atoms with van der Waals surface area (Å²) >= 11 is 1.63. The molecular weight excluding hydrogens is 625 g/mol. The van der Waals surface area contributed by atoms with Crippen LogP contribution in [-0.2, 0) is 23.3 Å². The number of imidazole rings is 1. The van der Waals surface area contributed by atoms with Crippen molar-refractivity contribution in [2.24, 2.45) is 0 Å². The summed E-state index contributed by atoms with van der Waals surface area (Å²) in [5.74, 6) is 3.05. The molecule has 1 aromatic heterocycles. The number of nitrogens with one attached hydrogen (secondary N) is 1. The lowest BCUT2D eigenvalue weighted by Gasteiger charge is -2.17. The van der Waals surface area contributed by atoms with Crippen molar-refractivity contribution < 1.29 is 28.8 Å². The molecule has 0 bridgehead atoms. The number of hydrogen-bond donors (Lipinski definition) is 2. The van der Waals surface area contributed by atoms with E-state index in [0.717, 1.165) is 65.6 Å². The van der Waals surface area contributed by atoms with Crippen LogP contribution in [0.3, 0.4) is 0 Å². The van der Waals surface area contributed by atoms with E-state index >= 15 is 0 Å². The van der Waals surface area contributed by atoms with Crippen LogP contribution in [0.4, 0.5) is 0 Å². The highest BCUT2D eigenvalue weighted by Crippen LogP contribution is 2.37. The fourth-order valence-corrected chi connectivity index (χ4v) is 6.08. The third-order valence-electron chi connectivity index (χ3n) is 7.78. The SMILES string of the molecule is CCCc1c(OCCCCOc2cc(O)c(-c3cnc(SCc4ccccc4)[nH]3)cc2CC)cccc1Oc1ccccc1C(=O)OC. The molecule has 1 heterocycles. The average molecular weight is 667 g/mol. The number of aryl methyl sites for hydroxylation is 1. The Morgan fingerprint density at radius 2 is 1.56 bits per heavy atom. The first kappa shape index (κ1) is 34.4. The number of esters is 1. The smallest absolute Gasteiger partial charge is 0.341 e. The minimum Gasteiger partial charge on any atom is -0.507 e. The number of unbranched alkanes of at least 4 members (excludes halogenated alkanes) is 1. The fourth-order valence-electron chi connectivity index (χ4n) is 5.27. The monoisotopic (exact) mass is 666 g/mol. The third kappa shape index (κ3) is 8.92. The van der Waals surface area contributed by atoms with E-state index in [4.69, 9.17) is 18.9 Å². The van der Waals surface area contributed by atoms with Crippen molar-refractivity contribution in [1.82, 2.24) is 9.97 Å². The van der Waals surface area contributed by atoms with Gasteiger partial charge in [-0.15, -0.1) is 0 Å². The topological polar surface area (TPSA) is 103 Å². The minimum absolute atomic E-state index is 0.147. The van der Waals surface area contributed by atoms with Gasteiger partial charge >= 0.3 is 5.97 Å². The van der Waals surface area contributed by atoms with Crippen molar-refractivity contribution in [3.8, 4) is 40.0 Å². The zero-order valence-corrected chi connectivity index (χ0v) is 28.5. The molecule has 0 saturated carbocycles. The Hall–Kier alpha value is -4.89. The van der Waals surface area contributed by atoms with E-state index in [1.807, 2.05) is 48.5 Å². The molecule has 0 aliphatic rings. The first-order valence-corrected chi connectivity index (χ1v) is 17.3. The number of benzene rings is 4. The molecule has 5 rings (SSSR count). The molecule has 0 fully saturated rings. The van der Waals surface area contributed by atoms with Crippen molar-refractivity contribution in [2.75, 3.05) is 20.3 Å². The number of rotatable bonds is 17. The molecule has 0 unspecified atom stereocenters. The number of aromatic nitrogens is 2. The molecule has 5 aromatic rings. The van der Waals surface area contributed by atoms with Crippen LogP contribution >= 0.6 is 11.8 Å². The van der Waals surface area contributed by atoms with Gasteiger partial charge in [-0.2, -0.15) is 0 Å². The van der Waals surface area contributed by atoms with Crippen LogP contribution in [-0.4, -0.2) is 41.4 Å². The van der Waals surface area contributed by atoms with Gasteiger partial charge in [-0.3, -0.25) is 0 Å². The summed E-state index contributed by atoms with van der Waals surface area (Å²) in [7, 11) is 1.36. The van der Waals surface area contributed by atoms with Gasteiger partial charge < -0.3 is 29.0 Å². The maximum Gasteiger partial charge on any atom is 0.341 e. The maximum atomic E-state index is 12.3. The second-order valence-electron chi connectivity index (χ2n) is 11.2. The molecule has 0 atom stereocenters. The highest BCUT2D eigenvalue weighted by Gasteiger charge is 2.17. The number of para-hydroxylation sites is 1. The molecule has 4 aromatic carbocycles. The highest BCUT2D eigenvalue weighted by atomic mass is 32.2. The van der Waals surface area contributed by atoms with E-state index in [-0.39, 0.29) is 5.75 Å². The van der Waals surface area contributed by atoms with Gasteiger partial charge in [-0.05, 0) is 67.1 Å². The summed E-state index contributed by atoms with van der Waals surface area (Å²) < 4.78 is 23.5. The van der Waals surface area contributed by atoms with Crippen LogP contribution in [0.1, 0.15) is 60.2 Å². The average Bonchev–Trinajstić information content (AvgIpc) is 3.59. The summed E-state index contributed by atoms with van der Waals surface area (Å²) in [5, 5.41) is 11.7. The molecule has 0 amide bonds. The number of thioether (sulfide) groups is 1. The van der Waals surface area contributed by atoms with Gasteiger partial charge in [-0.25, -0.2) is 9.78 Å². The fraction of sp³-hybridized carbons (Fsp3) is 0.282. The molecule has 0 radical (unpaired) electrons. The van der Waals surface area contributed by atoms with Gasteiger partial charge in [0.1, 0.15) is 34.3 Å². The van der Waals surface area contributed by atoms with Crippen molar-refractivity contribution in [3.63, 3.8) is 0 Å². The summed E-state index contributed by atoms with van der Waals surface area (Å²) in [6, 6.07) is 26.7. The molecule has 0 spiro atoms. The van der Waals surface area contributed by atoms with Crippen molar-refractivity contribution >= 4 is 17.7 Å². The van der Waals surface area contributed by atoms with Gasteiger partial charge in [0.25, 0.3) is 0 Å². The van der Waals surface area contributed by atoms with Crippen LogP contribution in [0.5, 0.6) is 28.7 Å². The Labute approximate surface area is 286 Å². The Kier molecular flexibility index (Phi) is 12.4. The van der Waals surface area contributed by atoms with Crippen LogP contribution in [0, 0.1) is 0 Å². The zero-order valence-electron chi connectivity index (χ0n) is 27.7.